The van der Waals surface area contributed by atoms with Gasteiger partial charge in [0.2, 0.25) is 0 Å². The molecule has 0 spiro atoms. The van der Waals surface area contributed by atoms with Crippen molar-refractivity contribution in [3.05, 3.63) is 0 Å². The molecule has 0 aliphatic rings. The van der Waals surface area contributed by atoms with Crippen LogP contribution in [-0.2, 0) is 9.53 Å². The summed E-state index contributed by atoms with van der Waals surface area (Å²) in [5.41, 5.74) is 0. The normalized spacial score (nSPS) is 11.4. The van der Waals surface area contributed by atoms with Gasteiger partial charge in [0.1, 0.15) is 0 Å². The molecule has 1 unspecified atom stereocenters. The molecule has 0 saturated carbocycles. The summed E-state index contributed by atoms with van der Waals surface area (Å²) in [6, 6.07) is 0. The van der Waals surface area contributed by atoms with E-state index >= 15 is 0 Å². The zero-order chi connectivity index (χ0) is 6.57. The lowest BCUT2D eigenvalue weighted by Gasteiger charge is -2.06. The first kappa shape index (κ1) is 11.3. The van der Waals surface area contributed by atoms with Gasteiger partial charge in [-0.15, -0.1) is 0 Å². The Morgan fingerprint density at radius 2 is 2.11 bits per heavy atom. The molecule has 0 saturated heterocycles. The molecule has 0 amide bonds. The van der Waals surface area contributed by atoms with Gasteiger partial charge in [0.25, 0.3) is 0 Å². The molecular formula is C7H16O2. The van der Waals surface area contributed by atoms with Gasteiger partial charge in [-0.2, -0.15) is 0 Å². The highest BCUT2D eigenvalue weighted by Gasteiger charge is 1.99. The highest BCUT2D eigenvalue weighted by Crippen LogP contribution is 1.94. The van der Waals surface area contributed by atoms with E-state index in [-0.39, 0.29) is 19.5 Å². The fraction of sp³-hybridized carbons (Fsp3) is 0.857. The standard InChI is InChI=1S/C6H12O2.CH4/c1-4-5(2)8-6(3)7;/h5H,4H2,1-3H3;1H4. The molecule has 0 aliphatic carbocycles. The van der Waals surface area contributed by atoms with E-state index in [2.05, 4.69) is 0 Å². The molecule has 0 aromatic heterocycles. The molecule has 0 aromatic carbocycles. The van der Waals surface area contributed by atoms with Gasteiger partial charge in [0.05, 0.1) is 6.10 Å². The highest BCUT2D eigenvalue weighted by atomic mass is 16.5. The summed E-state index contributed by atoms with van der Waals surface area (Å²) in [6.45, 7) is 5.28. The van der Waals surface area contributed by atoms with Crippen molar-refractivity contribution >= 4 is 5.97 Å². The Balaban J connectivity index is 0. The van der Waals surface area contributed by atoms with Crippen LogP contribution >= 0.6 is 0 Å². The van der Waals surface area contributed by atoms with E-state index < -0.39 is 0 Å². The van der Waals surface area contributed by atoms with E-state index in [1.54, 1.807) is 0 Å². The van der Waals surface area contributed by atoms with Crippen molar-refractivity contribution in [3.8, 4) is 0 Å². The summed E-state index contributed by atoms with van der Waals surface area (Å²) in [6.07, 6.45) is 0.965. The van der Waals surface area contributed by atoms with E-state index in [9.17, 15) is 4.79 Å². The predicted molar refractivity (Wildman–Crippen MR) is 38.2 cm³/mol. The first-order valence-electron chi connectivity index (χ1n) is 2.84. The summed E-state index contributed by atoms with van der Waals surface area (Å²) < 4.78 is 4.76. The summed E-state index contributed by atoms with van der Waals surface area (Å²) in [7, 11) is 0. The van der Waals surface area contributed by atoms with Crippen LogP contribution in [0.3, 0.4) is 0 Å². The number of ether oxygens (including phenoxy) is 1. The third-order valence-corrected chi connectivity index (χ3v) is 0.942. The minimum Gasteiger partial charge on any atom is -0.463 e. The SMILES string of the molecule is C.CCC(C)OC(C)=O. The molecule has 0 rings (SSSR count). The summed E-state index contributed by atoms with van der Waals surface area (Å²) in [5, 5.41) is 0. The quantitative estimate of drug-likeness (QED) is 0.537. The van der Waals surface area contributed by atoms with Gasteiger partial charge in [0, 0.05) is 6.92 Å². The Morgan fingerprint density at radius 3 is 2.22 bits per heavy atom. The van der Waals surface area contributed by atoms with Crippen molar-refractivity contribution in [1.82, 2.24) is 0 Å². The first-order chi connectivity index (χ1) is 3.66. The average Bonchev–Trinajstić information content (AvgIpc) is 1.65. The Labute approximate surface area is 57.2 Å². The van der Waals surface area contributed by atoms with Crippen molar-refractivity contribution in [3.63, 3.8) is 0 Å². The molecule has 2 heteroatoms. The van der Waals surface area contributed by atoms with Crippen LogP contribution in [0.25, 0.3) is 0 Å². The summed E-state index contributed by atoms with van der Waals surface area (Å²) in [4.78, 5) is 10.2. The van der Waals surface area contributed by atoms with Crippen molar-refractivity contribution in [2.45, 2.75) is 40.7 Å². The van der Waals surface area contributed by atoms with Gasteiger partial charge in [-0.05, 0) is 13.3 Å². The van der Waals surface area contributed by atoms with Crippen molar-refractivity contribution < 1.29 is 9.53 Å². The zero-order valence-corrected chi connectivity index (χ0v) is 5.60. The van der Waals surface area contributed by atoms with E-state index in [4.69, 9.17) is 4.74 Å². The number of carbonyl (C=O) groups is 1. The van der Waals surface area contributed by atoms with Crippen molar-refractivity contribution in [2.75, 3.05) is 0 Å². The fourth-order valence-corrected chi connectivity index (χ4v) is 0.367. The minimum atomic E-state index is -0.195. The first-order valence-corrected chi connectivity index (χ1v) is 2.84. The second-order valence-corrected chi connectivity index (χ2v) is 1.83. The lowest BCUT2D eigenvalue weighted by atomic mass is 10.3. The largest absolute Gasteiger partial charge is 0.463 e. The molecule has 9 heavy (non-hydrogen) atoms. The molecule has 0 bridgehead atoms. The summed E-state index contributed by atoms with van der Waals surface area (Å²) >= 11 is 0. The number of hydrogen-bond acceptors (Lipinski definition) is 2. The maximum atomic E-state index is 10.2. The molecule has 0 heterocycles. The molecule has 0 radical (unpaired) electrons. The number of rotatable bonds is 2. The predicted octanol–water partition coefficient (Wildman–Crippen LogP) is 1.98. The topological polar surface area (TPSA) is 26.3 Å². The molecule has 2 nitrogen and oxygen atoms in total. The Bertz CT molecular complexity index is 79.0. The lowest BCUT2D eigenvalue weighted by Crippen LogP contribution is -2.09. The lowest BCUT2D eigenvalue weighted by molar-refractivity contribution is -0.145. The zero-order valence-electron chi connectivity index (χ0n) is 5.60. The second-order valence-electron chi connectivity index (χ2n) is 1.83. The molecule has 56 valence electrons. The Morgan fingerprint density at radius 1 is 1.67 bits per heavy atom. The molecular weight excluding hydrogens is 116 g/mol. The fourth-order valence-electron chi connectivity index (χ4n) is 0.367. The van der Waals surface area contributed by atoms with Crippen LogP contribution in [-0.4, -0.2) is 12.1 Å². The summed E-state index contributed by atoms with van der Waals surface area (Å²) in [5.74, 6) is -0.195. The van der Waals surface area contributed by atoms with Gasteiger partial charge >= 0.3 is 5.97 Å². The van der Waals surface area contributed by atoms with Crippen molar-refractivity contribution in [2.24, 2.45) is 0 Å². The smallest absolute Gasteiger partial charge is 0.302 e. The van der Waals surface area contributed by atoms with Crippen LogP contribution < -0.4 is 0 Å². The minimum absolute atomic E-state index is 0. The van der Waals surface area contributed by atoms with Gasteiger partial charge < -0.3 is 4.74 Å². The van der Waals surface area contributed by atoms with Gasteiger partial charge in [-0.1, -0.05) is 14.4 Å². The van der Waals surface area contributed by atoms with Crippen LogP contribution in [0.4, 0.5) is 0 Å². The van der Waals surface area contributed by atoms with E-state index in [1.807, 2.05) is 13.8 Å². The molecule has 0 N–H and O–H groups in total. The molecule has 0 fully saturated rings. The number of carbonyl (C=O) groups excluding carboxylic acids is 1. The third-order valence-electron chi connectivity index (χ3n) is 0.942. The maximum Gasteiger partial charge on any atom is 0.302 e. The van der Waals surface area contributed by atoms with Crippen LogP contribution in [0.15, 0.2) is 0 Å². The molecule has 0 aromatic rings. The average molecular weight is 132 g/mol. The van der Waals surface area contributed by atoms with Crippen molar-refractivity contribution in [1.29, 1.82) is 0 Å². The van der Waals surface area contributed by atoms with E-state index in [0.29, 0.717) is 0 Å². The van der Waals surface area contributed by atoms with Crippen LogP contribution in [0.1, 0.15) is 34.6 Å². The van der Waals surface area contributed by atoms with Crippen LogP contribution in [0, 0.1) is 0 Å². The monoisotopic (exact) mass is 132 g/mol. The number of hydrogen-bond donors (Lipinski definition) is 0. The van der Waals surface area contributed by atoms with E-state index in [0.717, 1.165) is 6.42 Å². The molecule has 0 aliphatic heterocycles. The maximum absolute atomic E-state index is 10.2. The van der Waals surface area contributed by atoms with Gasteiger partial charge in [0.15, 0.2) is 0 Å². The van der Waals surface area contributed by atoms with Gasteiger partial charge in [-0.3, -0.25) is 4.79 Å². The van der Waals surface area contributed by atoms with Crippen LogP contribution in [0.5, 0.6) is 0 Å². The molecule has 1 atom stereocenters. The van der Waals surface area contributed by atoms with Gasteiger partial charge in [-0.25, -0.2) is 0 Å². The van der Waals surface area contributed by atoms with Crippen LogP contribution in [0.2, 0.25) is 0 Å². The highest BCUT2D eigenvalue weighted by molar-refractivity contribution is 5.66. The van der Waals surface area contributed by atoms with E-state index in [1.165, 1.54) is 6.92 Å². The third kappa shape index (κ3) is 7.47. The number of esters is 1. The Kier molecular flexibility index (Phi) is 7.03. The second kappa shape index (κ2) is 5.60. The Hall–Kier alpha value is -0.530.